The first-order chi connectivity index (χ1) is 10.0. The van der Waals surface area contributed by atoms with Gasteiger partial charge in [-0.25, -0.2) is 0 Å². The van der Waals surface area contributed by atoms with Crippen LogP contribution in [0.1, 0.15) is 41.4 Å². The molecule has 0 aromatic carbocycles. The molecule has 2 heterocycles. The van der Waals surface area contributed by atoms with Gasteiger partial charge in [0.25, 0.3) is 5.91 Å². The monoisotopic (exact) mass is 287 g/mol. The van der Waals surface area contributed by atoms with Crippen LogP contribution in [-0.2, 0) is 13.1 Å². The molecule has 0 atom stereocenters. The molecule has 0 radical (unpaired) electrons. The first kappa shape index (κ1) is 15.3. The number of hydrogen-bond donors (Lipinski definition) is 1. The van der Waals surface area contributed by atoms with Gasteiger partial charge in [0.05, 0.1) is 12.2 Å². The van der Waals surface area contributed by atoms with Crippen LogP contribution < -0.4 is 5.73 Å². The van der Waals surface area contributed by atoms with Crippen molar-refractivity contribution in [1.82, 2.24) is 9.88 Å². The van der Waals surface area contributed by atoms with Crippen LogP contribution in [0.2, 0.25) is 0 Å². The van der Waals surface area contributed by atoms with E-state index in [4.69, 9.17) is 10.2 Å². The van der Waals surface area contributed by atoms with E-state index in [1.54, 1.807) is 23.2 Å². The number of carbonyl (C=O) groups is 1. The molecule has 0 fully saturated rings. The van der Waals surface area contributed by atoms with E-state index in [0.29, 0.717) is 24.3 Å². The third-order valence-corrected chi connectivity index (χ3v) is 3.28. The molecule has 2 rings (SSSR count). The molecule has 2 N–H and O–H groups in total. The number of carbonyl (C=O) groups excluding carboxylic acids is 1. The lowest BCUT2D eigenvalue weighted by Gasteiger charge is -2.26. The van der Waals surface area contributed by atoms with Crippen LogP contribution in [0.4, 0.5) is 0 Å². The Bertz CT molecular complexity index is 619. The van der Waals surface area contributed by atoms with Crippen LogP contribution in [0.25, 0.3) is 0 Å². The van der Waals surface area contributed by atoms with Crippen molar-refractivity contribution in [3.05, 3.63) is 53.2 Å². The largest absolute Gasteiger partial charge is 0.464 e. The Labute approximate surface area is 124 Å². The molecule has 5 heteroatoms. The average Bonchev–Trinajstić information content (AvgIpc) is 2.89. The van der Waals surface area contributed by atoms with Gasteiger partial charge in [0.1, 0.15) is 11.5 Å². The molecule has 0 aliphatic carbocycles. The molecule has 1 amide bonds. The second kappa shape index (κ2) is 6.54. The number of hydrogen-bond acceptors (Lipinski definition) is 4. The minimum atomic E-state index is -0.0452. The quantitative estimate of drug-likeness (QED) is 0.917. The first-order valence-electron chi connectivity index (χ1n) is 7.02. The zero-order valence-electron chi connectivity index (χ0n) is 12.7. The predicted octanol–water partition coefficient (Wildman–Crippen LogP) is 2.49. The molecule has 0 aliphatic heterocycles. The van der Waals surface area contributed by atoms with E-state index < -0.39 is 0 Å². The summed E-state index contributed by atoms with van der Waals surface area (Å²) in [5.41, 5.74) is 6.88. The van der Waals surface area contributed by atoms with Gasteiger partial charge in [-0.3, -0.25) is 9.78 Å². The zero-order chi connectivity index (χ0) is 15.4. The molecule has 21 heavy (non-hydrogen) atoms. The van der Waals surface area contributed by atoms with Crippen molar-refractivity contribution >= 4 is 5.91 Å². The number of aryl methyl sites for hydroxylation is 1. The summed E-state index contributed by atoms with van der Waals surface area (Å²) >= 11 is 0. The number of furan rings is 1. The van der Waals surface area contributed by atoms with Crippen molar-refractivity contribution in [2.45, 2.75) is 39.9 Å². The van der Waals surface area contributed by atoms with Gasteiger partial charge in [-0.1, -0.05) is 0 Å². The summed E-state index contributed by atoms with van der Waals surface area (Å²) in [6, 6.07) is 7.32. The van der Waals surface area contributed by atoms with E-state index in [1.165, 1.54) is 0 Å². The second-order valence-corrected chi connectivity index (χ2v) is 5.28. The van der Waals surface area contributed by atoms with E-state index >= 15 is 0 Å². The van der Waals surface area contributed by atoms with Crippen molar-refractivity contribution in [2.75, 3.05) is 0 Å². The van der Waals surface area contributed by atoms with Crippen LogP contribution in [0.15, 0.2) is 34.9 Å². The Balaban J connectivity index is 2.22. The highest BCUT2D eigenvalue weighted by atomic mass is 16.3. The van der Waals surface area contributed by atoms with Crippen molar-refractivity contribution in [2.24, 2.45) is 5.73 Å². The minimum Gasteiger partial charge on any atom is -0.464 e. The number of nitrogens with zero attached hydrogens (tertiary/aromatic N) is 2. The minimum absolute atomic E-state index is 0.0452. The van der Waals surface area contributed by atoms with Crippen molar-refractivity contribution in [3.63, 3.8) is 0 Å². The third-order valence-electron chi connectivity index (χ3n) is 3.28. The first-order valence-corrected chi connectivity index (χ1v) is 7.02. The Morgan fingerprint density at radius 1 is 1.38 bits per heavy atom. The van der Waals surface area contributed by atoms with Crippen molar-refractivity contribution in [1.29, 1.82) is 0 Å². The standard InChI is InChI=1S/C16H21N3O2/c1-11(2)19(10-15-5-4-12(3)21-15)16(20)13-6-7-18-14(8-13)9-17/h4-8,11H,9-10,17H2,1-3H3. The highest BCUT2D eigenvalue weighted by Crippen LogP contribution is 2.15. The fourth-order valence-electron chi connectivity index (χ4n) is 2.12. The normalized spacial score (nSPS) is 10.9. The maximum atomic E-state index is 12.7. The van der Waals surface area contributed by atoms with Gasteiger partial charge in [0.15, 0.2) is 0 Å². The number of aromatic nitrogens is 1. The van der Waals surface area contributed by atoms with Gasteiger partial charge in [-0.15, -0.1) is 0 Å². The van der Waals surface area contributed by atoms with Crippen LogP contribution >= 0.6 is 0 Å². The number of amides is 1. The van der Waals surface area contributed by atoms with Gasteiger partial charge >= 0.3 is 0 Å². The van der Waals surface area contributed by atoms with Crippen LogP contribution in [0.5, 0.6) is 0 Å². The molecule has 0 saturated carbocycles. The van der Waals surface area contributed by atoms with Gasteiger partial charge in [0, 0.05) is 24.3 Å². The van der Waals surface area contributed by atoms with Gasteiger partial charge < -0.3 is 15.1 Å². The molecule has 2 aromatic heterocycles. The summed E-state index contributed by atoms with van der Waals surface area (Å²) in [6.45, 7) is 6.63. The SMILES string of the molecule is Cc1ccc(CN(C(=O)c2ccnc(CN)c2)C(C)C)o1. The van der Waals surface area contributed by atoms with E-state index in [1.807, 2.05) is 32.9 Å². The Morgan fingerprint density at radius 3 is 2.71 bits per heavy atom. The lowest BCUT2D eigenvalue weighted by atomic mass is 10.1. The van der Waals surface area contributed by atoms with Gasteiger partial charge in [0.2, 0.25) is 0 Å². The Kier molecular flexibility index (Phi) is 4.75. The van der Waals surface area contributed by atoms with Crippen molar-refractivity contribution < 1.29 is 9.21 Å². The highest BCUT2D eigenvalue weighted by molar-refractivity contribution is 5.94. The van der Waals surface area contributed by atoms with E-state index in [2.05, 4.69) is 4.98 Å². The van der Waals surface area contributed by atoms with Gasteiger partial charge in [-0.2, -0.15) is 0 Å². The summed E-state index contributed by atoms with van der Waals surface area (Å²) in [5, 5.41) is 0. The fraction of sp³-hybridized carbons (Fsp3) is 0.375. The average molecular weight is 287 g/mol. The maximum absolute atomic E-state index is 12.7. The Hall–Kier alpha value is -2.14. The lowest BCUT2D eigenvalue weighted by Crippen LogP contribution is -2.36. The summed E-state index contributed by atoms with van der Waals surface area (Å²) in [5.74, 6) is 1.58. The molecule has 0 bridgehead atoms. The molecule has 2 aromatic rings. The van der Waals surface area contributed by atoms with Crippen molar-refractivity contribution in [3.8, 4) is 0 Å². The molecular weight excluding hydrogens is 266 g/mol. The van der Waals surface area contributed by atoms with Crippen LogP contribution in [-0.4, -0.2) is 21.8 Å². The summed E-state index contributed by atoms with van der Waals surface area (Å²) in [7, 11) is 0. The van der Waals surface area contributed by atoms with Crippen LogP contribution in [0, 0.1) is 6.92 Å². The Morgan fingerprint density at radius 2 is 2.14 bits per heavy atom. The number of nitrogens with two attached hydrogens (primary N) is 1. The number of pyridine rings is 1. The summed E-state index contributed by atoms with van der Waals surface area (Å²) < 4.78 is 5.57. The molecule has 5 nitrogen and oxygen atoms in total. The summed E-state index contributed by atoms with van der Waals surface area (Å²) in [4.78, 5) is 18.6. The van der Waals surface area contributed by atoms with Crippen LogP contribution in [0.3, 0.4) is 0 Å². The molecular formula is C16H21N3O2. The molecule has 0 unspecified atom stereocenters. The maximum Gasteiger partial charge on any atom is 0.254 e. The number of rotatable bonds is 5. The molecule has 0 saturated heterocycles. The van der Waals surface area contributed by atoms with E-state index in [9.17, 15) is 4.79 Å². The molecule has 0 spiro atoms. The molecule has 0 aliphatic rings. The lowest BCUT2D eigenvalue weighted by molar-refractivity contribution is 0.0675. The topological polar surface area (TPSA) is 72.4 Å². The fourth-order valence-corrected chi connectivity index (χ4v) is 2.12. The third kappa shape index (κ3) is 3.70. The zero-order valence-corrected chi connectivity index (χ0v) is 12.7. The summed E-state index contributed by atoms with van der Waals surface area (Å²) in [6.07, 6.45) is 1.62. The van der Waals surface area contributed by atoms with Gasteiger partial charge in [-0.05, 0) is 45.0 Å². The molecule has 112 valence electrons. The predicted molar refractivity (Wildman–Crippen MR) is 80.6 cm³/mol. The van der Waals surface area contributed by atoms with E-state index in [0.717, 1.165) is 11.5 Å². The smallest absolute Gasteiger partial charge is 0.254 e. The van der Waals surface area contributed by atoms with E-state index in [-0.39, 0.29) is 11.9 Å². The second-order valence-electron chi connectivity index (χ2n) is 5.28. The highest BCUT2D eigenvalue weighted by Gasteiger charge is 2.20.